The number of β-amino-alcohol motifs (C(OH)–C–C–N with tert-alkyl or cyclic N) is 2. The molecule has 1 heterocycles. The first-order valence-corrected chi connectivity index (χ1v) is 5.85. The van der Waals surface area contributed by atoms with Crippen molar-refractivity contribution in [1.82, 2.24) is 4.90 Å². The molecule has 0 aromatic heterocycles. The Morgan fingerprint density at radius 1 is 1.07 bits per heavy atom. The fourth-order valence-corrected chi connectivity index (χ4v) is 2.94. The van der Waals surface area contributed by atoms with Crippen molar-refractivity contribution < 1.29 is 15.3 Å². The van der Waals surface area contributed by atoms with Gasteiger partial charge in [0.2, 0.25) is 0 Å². The number of aliphatic hydroxyl groups excluding tert-OH is 3. The van der Waals surface area contributed by atoms with Gasteiger partial charge in [0.1, 0.15) is 0 Å². The summed E-state index contributed by atoms with van der Waals surface area (Å²) in [6, 6.07) is 0. The van der Waals surface area contributed by atoms with E-state index >= 15 is 0 Å². The van der Waals surface area contributed by atoms with E-state index in [1.807, 2.05) is 0 Å². The van der Waals surface area contributed by atoms with Gasteiger partial charge in [-0.2, -0.15) is 0 Å². The van der Waals surface area contributed by atoms with Crippen LogP contribution < -0.4 is 0 Å². The van der Waals surface area contributed by atoms with Gasteiger partial charge in [-0.05, 0) is 12.8 Å². The first kappa shape index (κ1) is 11.3. The third-order valence-corrected chi connectivity index (χ3v) is 3.89. The normalized spacial score (nSPS) is 36.2. The van der Waals surface area contributed by atoms with Crippen LogP contribution in [0.4, 0.5) is 0 Å². The predicted molar refractivity (Wildman–Crippen MR) is 56.4 cm³/mol. The van der Waals surface area contributed by atoms with Crippen molar-refractivity contribution in [2.45, 2.75) is 37.9 Å². The van der Waals surface area contributed by atoms with E-state index in [0.717, 1.165) is 19.4 Å². The van der Waals surface area contributed by atoms with Gasteiger partial charge in [0.05, 0.1) is 12.2 Å². The Morgan fingerprint density at radius 3 is 2.07 bits per heavy atom. The van der Waals surface area contributed by atoms with Crippen molar-refractivity contribution in [3.8, 4) is 0 Å². The zero-order chi connectivity index (χ0) is 10.9. The average molecular weight is 215 g/mol. The average Bonchev–Trinajstić information content (AvgIpc) is 2.77. The Hall–Kier alpha value is -0.160. The maximum absolute atomic E-state index is 9.46. The minimum absolute atomic E-state index is 0.0315. The highest BCUT2D eigenvalue weighted by molar-refractivity contribution is 4.91. The second-order valence-electron chi connectivity index (χ2n) is 5.19. The Morgan fingerprint density at radius 2 is 1.60 bits per heavy atom. The SMILES string of the molecule is OCC1(CN2CC(O)C(O)C2)CCCC1. The molecule has 0 amide bonds. The van der Waals surface area contributed by atoms with Gasteiger partial charge in [0, 0.05) is 31.7 Å². The van der Waals surface area contributed by atoms with Crippen molar-refractivity contribution in [2.75, 3.05) is 26.2 Å². The molecule has 1 saturated carbocycles. The second-order valence-corrected chi connectivity index (χ2v) is 5.19. The summed E-state index contributed by atoms with van der Waals surface area (Å²) in [7, 11) is 0. The maximum Gasteiger partial charge on any atom is 0.0938 e. The van der Waals surface area contributed by atoms with Gasteiger partial charge >= 0.3 is 0 Å². The number of nitrogens with zero attached hydrogens (tertiary/aromatic N) is 1. The summed E-state index contributed by atoms with van der Waals surface area (Å²) in [6.45, 7) is 2.14. The van der Waals surface area contributed by atoms with E-state index in [1.165, 1.54) is 12.8 Å². The molecule has 4 nitrogen and oxygen atoms in total. The monoisotopic (exact) mass is 215 g/mol. The molecule has 2 rings (SSSR count). The number of rotatable bonds is 3. The molecule has 1 aliphatic carbocycles. The van der Waals surface area contributed by atoms with Crippen LogP contribution in [0, 0.1) is 5.41 Å². The van der Waals surface area contributed by atoms with Crippen LogP contribution in [0.25, 0.3) is 0 Å². The molecule has 15 heavy (non-hydrogen) atoms. The largest absolute Gasteiger partial charge is 0.396 e. The molecule has 1 saturated heterocycles. The standard InChI is InChI=1S/C11H21NO3/c13-8-11(3-1-2-4-11)7-12-5-9(14)10(15)6-12/h9-10,13-15H,1-8H2. The van der Waals surface area contributed by atoms with Crippen LogP contribution >= 0.6 is 0 Å². The zero-order valence-corrected chi connectivity index (χ0v) is 9.10. The molecule has 2 unspecified atom stereocenters. The summed E-state index contributed by atoms with van der Waals surface area (Å²) in [4.78, 5) is 2.08. The van der Waals surface area contributed by atoms with E-state index in [9.17, 15) is 15.3 Å². The maximum atomic E-state index is 9.46. The highest BCUT2D eigenvalue weighted by atomic mass is 16.3. The van der Waals surface area contributed by atoms with E-state index in [0.29, 0.717) is 13.1 Å². The van der Waals surface area contributed by atoms with Crippen LogP contribution in [0.15, 0.2) is 0 Å². The fourth-order valence-electron chi connectivity index (χ4n) is 2.94. The summed E-state index contributed by atoms with van der Waals surface area (Å²) >= 11 is 0. The molecule has 2 aliphatic rings. The molecule has 3 N–H and O–H groups in total. The molecule has 0 aromatic carbocycles. The van der Waals surface area contributed by atoms with E-state index in [-0.39, 0.29) is 12.0 Å². The first-order chi connectivity index (χ1) is 7.15. The van der Waals surface area contributed by atoms with Gasteiger partial charge < -0.3 is 15.3 Å². The first-order valence-electron chi connectivity index (χ1n) is 5.85. The summed E-state index contributed by atoms with van der Waals surface area (Å²) < 4.78 is 0. The van der Waals surface area contributed by atoms with Crippen LogP contribution in [0.3, 0.4) is 0 Å². The van der Waals surface area contributed by atoms with Gasteiger partial charge in [-0.15, -0.1) is 0 Å². The Balaban J connectivity index is 1.90. The van der Waals surface area contributed by atoms with Crippen molar-refractivity contribution in [1.29, 1.82) is 0 Å². The second kappa shape index (κ2) is 4.37. The molecule has 4 heteroatoms. The van der Waals surface area contributed by atoms with E-state index in [1.54, 1.807) is 0 Å². The van der Waals surface area contributed by atoms with E-state index in [2.05, 4.69) is 4.90 Å². The molecule has 2 atom stereocenters. The van der Waals surface area contributed by atoms with Gasteiger partial charge in [0.15, 0.2) is 0 Å². The summed E-state index contributed by atoms with van der Waals surface area (Å²) in [5, 5.41) is 28.3. The topological polar surface area (TPSA) is 63.9 Å². The number of hydrogen-bond acceptors (Lipinski definition) is 4. The molecule has 0 radical (unpaired) electrons. The van der Waals surface area contributed by atoms with E-state index < -0.39 is 12.2 Å². The highest BCUT2D eigenvalue weighted by Gasteiger charge is 2.38. The minimum atomic E-state index is -0.609. The fraction of sp³-hybridized carbons (Fsp3) is 1.00. The smallest absolute Gasteiger partial charge is 0.0938 e. The van der Waals surface area contributed by atoms with Crippen LogP contribution in [0.2, 0.25) is 0 Å². The van der Waals surface area contributed by atoms with Gasteiger partial charge in [-0.25, -0.2) is 0 Å². The Labute approximate surface area is 90.5 Å². The molecular formula is C11H21NO3. The summed E-state index contributed by atoms with van der Waals surface area (Å²) in [6.07, 6.45) is 3.32. The van der Waals surface area contributed by atoms with Crippen molar-refractivity contribution in [3.63, 3.8) is 0 Å². The molecule has 1 aliphatic heterocycles. The zero-order valence-electron chi connectivity index (χ0n) is 9.10. The molecular weight excluding hydrogens is 194 g/mol. The Kier molecular flexibility index (Phi) is 3.30. The Bertz CT molecular complexity index is 206. The van der Waals surface area contributed by atoms with Gasteiger partial charge in [0.25, 0.3) is 0 Å². The third-order valence-electron chi connectivity index (χ3n) is 3.89. The van der Waals surface area contributed by atoms with Gasteiger partial charge in [-0.3, -0.25) is 4.90 Å². The van der Waals surface area contributed by atoms with E-state index in [4.69, 9.17) is 0 Å². The van der Waals surface area contributed by atoms with Crippen molar-refractivity contribution in [3.05, 3.63) is 0 Å². The third kappa shape index (κ3) is 2.33. The molecule has 88 valence electrons. The van der Waals surface area contributed by atoms with Crippen LogP contribution in [0.1, 0.15) is 25.7 Å². The quantitative estimate of drug-likeness (QED) is 0.598. The lowest BCUT2D eigenvalue weighted by Gasteiger charge is -2.31. The summed E-state index contributed by atoms with van der Waals surface area (Å²) in [5.74, 6) is 0. The minimum Gasteiger partial charge on any atom is -0.396 e. The van der Waals surface area contributed by atoms with Crippen LogP contribution in [-0.2, 0) is 0 Å². The molecule has 0 bridgehead atoms. The number of likely N-dealkylation sites (tertiary alicyclic amines) is 1. The van der Waals surface area contributed by atoms with Crippen molar-refractivity contribution >= 4 is 0 Å². The van der Waals surface area contributed by atoms with Crippen LogP contribution in [-0.4, -0.2) is 58.7 Å². The van der Waals surface area contributed by atoms with Crippen LogP contribution in [0.5, 0.6) is 0 Å². The molecule has 0 spiro atoms. The number of hydrogen-bond donors (Lipinski definition) is 3. The lowest BCUT2D eigenvalue weighted by Crippen LogP contribution is -2.38. The van der Waals surface area contributed by atoms with Gasteiger partial charge in [-0.1, -0.05) is 12.8 Å². The number of aliphatic hydroxyl groups is 3. The summed E-state index contributed by atoms with van der Waals surface area (Å²) in [5.41, 5.74) is 0.0315. The lowest BCUT2D eigenvalue weighted by atomic mass is 9.87. The lowest BCUT2D eigenvalue weighted by molar-refractivity contribution is 0.0572. The predicted octanol–water partition coefficient (Wildman–Crippen LogP) is -0.424. The molecule has 0 aromatic rings. The highest BCUT2D eigenvalue weighted by Crippen LogP contribution is 2.38. The molecule has 2 fully saturated rings. The van der Waals surface area contributed by atoms with Crippen molar-refractivity contribution in [2.24, 2.45) is 5.41 Å².